The van der Waals surface area contributed by atoms with Gasteiger partial charge in [-0.3, -0.25) is 0 Å². The van der Waals surface area contributed by atoms with Crippen LogP contribution < -0.4 is 4.74 Å². The molecular weight excluding hydrogens is 236 g/mol. The number of ether oxygens (including phenoxy) is 1. The predicted molar refractivity (Wildman–Crippen MR) is 62.6 cm³/mol. The normalized spacial score (nSPS) is 9.88. The standard InChI is InChI=1S/C13H8O3S/c14-13(15)16-10-6-8-12(9-7-10)17-11-4-2-1-3-5-11/h2-9H. The summed E-state index contributed by atoms with van der Waals surface area (Å²) in [5.41, 5.74) is 0. The second-order valence-corrected chi connectivity index (χ2v) is 4.31. The van der Waals surface area contributed by atoms with Gasteiger partial charge in [-0.2, -0.15) is 9.90 Å². The average Bonchev–Trinajstić information content (AvgIpc) is 2.32. The number of benzene rings is 2. The molecule has 4 heteroatoms. The number of hydrogen-bond acceptors (Lipinski definition) is 3. The van der Waals surface area contributed by atoms with Crippen LogP contribution in [0.3, 0.4) is 0 Å². The lowest BCUT2D eigenvalue weighted by Gasteiger charge is -2.02. The molecule has 0 spiro atoms. The van der Waals surface area contributed by atoms with E-state index in [4.69, 9.17) is 0 Å². The van der Waals surface area contributed by atoms with Crippen molar-refractivity contribution in [2.45, 2.75) is 9.79 Å². The molecule has 0 aromatic heterocycles. The molecule has 0 saturated heterocycles. The maximum Gasteiger partial charge on any atom is 0.555 e. The summed E-state index contributed by atoms with van der Waals surface area (Å²) in [6, 6.07) is 17.3. The van der Waals surface area contributed by atoms with Gasteiger partial charge in [0.1, 0.15) is 5.75 Å². The number of carbonyl (C=O) groups excluding carboxylic acids is 1. The molecule has 84 valence electrons. The molecular formula is C13H8O3S. The molecule has 0 bridgehead atoms. The van der Waals surface area contributed by atoms with Gasteiger partial charge in [-0.15, -0.1) is 0 Å². The Kier molecular flexibility index (Phi) is 3.67. The van der Waals surface area contributed by atoms with E-state index in [1.54, 1.807) is 36.0 Å². The molecule has 17 heavy (non-hydrogen) atoms. The Morgan fingerprint density at radius 3 is 2.18 bits per heavy atom. The number of rotatable bonds is 3. The van der Waals surface area contributed by atoms with Crippen LogP contribution in [-0.2, 0) is 5.11 Å². The summed E-state index contributed by atoms with van der Waals surface area (Å²) in [6.45, 7) is 0. The Balaban J connectivity index is 2.06. The fourth-order valence-electron chi connectivity index (χ4n) is 1.25. The maximum atomic E-state index is 10.2. The molecule has 0 N–H and O–H groups in total. The number of hydrogen-bond donors (Lipinski definition) is 0. The van der Waals surface area contributed by atoms with Crippen LogP contribution in [0.5, 0.6) is 5.75 Å². The smallest absolute Gasteiger partial charge is 0.392 e. The summed E-state index contributed by atoms with van der Waals surface area (Å²) in [6.07, 6.45) is -1.55. The van der Waals surface area contributed by atoms with E-state index in [9.17, 15) is 9.90 Å². The molecule has 2 aromatic rings. The van der Waals surface area contributed by atoms with Crippen LogP contribution in [0, 0.1) is 6.07 Å². The van der Waals surface area contributed by atoms with Crippen LogP contribution in [0.1, 0.15) is 0 Å². The van der Waals surface area contributed by atoms with Gasteiger partial charge in [-0.05, 0) is 42.5 Å². The second kappa shape index (κ2) is 5.41. The lowest BCUT2D eigenvalue weighted by molar-refractivity contribution is 0.117. The second-order valence-electron chi connectivity index (χ2n) is 3.16. The van der Waals surface area contributed by atoms with Crippen molar-refractivity contribution in [3.8, 4) is 5.75 Å². The minimum Gasteiger partial charge on any atom is -0.392 e. The van der Waals surface area contributed by atoms with Crippen molar-refractivity contribution in [2.24, 2.45) is 0 Å². The van der Waals surface area contributed by atoms with E-state index in [-0.39, 0.29) is 5.75 Å². The third-order valence-electron chi connectivity index (χ3n) is 1.95. The Labute approximate surface area is 103 Å². The van der Waals surface area contributed by atoms with E-state index >= 15 is 0 Å². The first-order valence-corrected chi connectivity index (χ1v) is 5.68. The van der Waals surface area contributed by atoms with E-state index in [0.717, 1.165) is 9.79 Å². The summed E-state index contributed by atoms with van der Waals surface area (Å²) in [5.74, 6) is 0.260. The molecule has 0 saturated carbocycles. The van der Waals surface area contributed by atoms with Gasteiger partial charge in [0.05, 0.1) is 0 Å². The Morgan fingerprint density at radius 1 is 1.00 bits per heavy atom. The fraction of sp³-hybridized carbons (Fsp3) is 0. The zero-order chi connectivity index (χ0) is 12.1. The van der Waals surface area contributed by atoms with Crippen LogP contribution >= 0.6 is 11.8 Å². The lowest BCUT2D eigenvalue weighted by Crippen LogP contribution is -2.00. The average molecular weight is 244 g/mol. The van der Waals surface area contributed by atoms with Crippen molar-refractivity contribution < 1.29 is 14.6 Å². The minimum absolute atomic E-state index is 0.260. The predicted octanol–water partition coefficient (Wildman–Crippen LogP) is 3.57. The highest BCUT2D eigenvalue weighted by molar-refractivity contribution is 7.99. The highest BCUT2D eigenvalue weighted by atomic mass is 32.2. The van der Waals surface area contributed by atoms with Crippen molar-refractivity contribution in [2.75, 3.05) is 0 Å². The molecule has 2 rings (SSSR count). The summed E-state index contributed by atoms with van der Waals surface area (Å²) in [4.78, 5) is 12.3. The quantitative estimate of drug-likeness (QED) is 0.612. The third-order valence-corrected chi connectivity index (χ3v) is 2.96. The minimum atomic E-state index is -1.55. The zero-order valence-electron chi connectivity index (χ0n) is 8.75. The zero-order valence-corrected chi connectivity index (χ0v) is 9.57. The summed E-state index contributed by atoms with van der Waals surface area (Å²) in [7, 11) is 0. The Hall–Kier alpha value is -1.94. The van der Waals surface area contributed by atoms with Crippen molar-refractivity contribution in [1.82, 2.24) is 0 Å². The van der Waals surface area contributed by atoms with Crippen LogP contribution in [-0.4, -0.2) is 6.16 Å². The molecule has 0 heterocycles. The highest BCUT2D eigenvalue weighted by Crippen LogP contribution is 2.28. The monoisotopic (exact) mass is 244 g/mol. The maximum absolute atomic E-state index is 10.2. The molecule has 2 aromatic carbocycles. The molecule has 0 aliphatic heterocycles. The van der Waals surface area contributed by atoms with Gasteiger partial charge in [0.15, 0.2) is 0 Å². The SMILES string of the molecule is [O]C(=O)Oc1ccc(Sc2cc[c]cc2)cc1. The summed E-state index contributed by atoms with van der Waals surface area (Å²) < 4.78 is 4.41. The third kappa shape index (κ3) is 3.53. The van der Waals surface area contributed by atoms with Crippen molar-refractivity contribution >= 4 is 17.9 Å². The molecule has 0 unspecified atom stereocenters. The first-order valence-electron chi connectivity index (χ1n) is 4.87. The molecule has 0 atom stereocenters. The van der Waals surface area contributed by atoms with Crippen molar-refractivity contribution in [3.05, 3.63) is 54.6 Å². The van der Waals surface area contributed by atoms with Crippen LogP contribution in [0.25, 0.3) is 0 Å². The van der Waals surface area contributed by atoms with E-state index in [2.05, 4.69) is 10.8 Å². The lowest BCUT2D eigenvalue weighted by atomic mass is 10.3. The molecule has 0 aliphatic carbocycles. The van der Waals surface area contributed by atoms with Gasteiger partial charge < -0.3 is 4.74 Å². The highest BCUT2D eigenvalue weighted by Gasteiger charge is 2.03. The van der Waals surface area contributed by atoms with Gasteiger partial charge in [0, 0.05) is 9.79 Å². The molecule has 0 amide bonds. The molecule has 2 radical (unpaired) electrons. The van der Waals surface area contributed by atoms with Crippen LogP contribution in [0.2, 0.25) is 0 Å². The fourth-order valence-corrected chi connectivity index (χ4v) is 2.06. The van der Waals surface area contributed by atoms with E-state index in [1.807, 2.05) is 24.3 Å². The van der Waals surface area contributed by atoms with Crippen LogP contribution in [0.15, 0.2) is 58.3 Å². The van der Waals surface area contributed by atoms with E-state index in [0.29, 0.717) is 0 Å². The topological polar surface area (TPSA) is 46.2 Å². The van der Waals surface area contributed by atoms with Gasteiger partial charge in [-0.25, -0.2) is 0 Å². The first kappa shape index (κ1) is 11.5. The first-order chi connectivity index (χ1) is 8.24. The number of carbonyl (C=O) groups is 1. The summed E-state index contributed by atoms with van der Waals surface area (Å²) in [5, 5.41) is 10.2. The van der Waals surface area contributed by atoms with Gasteiger partial charge >= 0.3 is 6.16 Å². The Bertz CT molecular complexity index is 494. The van der Waals surface area contributed by atoms with E-state index < -0.39 is 6.16 Å². The largest absolute Gasteiger partial charge is 0.555 e. The Morgan fingerprint density at radius 2 is 1.59 bits per heavy atom. The van der Waals surface area contributed by atoms with Crippen molar-refractivity contribution in [3.63, 3.8) is 0 Å². The van der Waals surface area contributed by atoms with Gasteiger partial charge in [0.25, 0.3) is 0 Å². The molecule has 3 nitrogen and oxygen atoms in total. The summed E-state index contributed by atoms with van der Waals surface area (Å²) >= 11 is 1.58. The van der Waals surface area contributed by atoms with Gasteiger partial charge in [0.2, 0.25) is 0 Å². The molecule has 0 fully saturated rings. The van der Waals surface area contributed by atoms with E-state index in [1.165, 1.54) is 0 Å². The molecule has 0 aliphatic rings. The van der Waals surface area contributed by atoms with Gasteiger partial charge in [-0.1, -0.05) is 23.9 Å². The van der Waals surface area contributed by atoms with Crippen molar-refractivity contribution in [1.29, 1.82) is 0 Å². The van der Waals surface area contributed by atoms with Crippen LogP contribution in [0.4, 0.5) is 4.79 Å².